The molecule has 3 N–H and O–H groups in total. The lowest BCUT2D eigenvalue weighted by molar-refractivity contribution is 0.0134. The number of anilines is 1. The van der Waals surface area contributed by atoms with Gasteiger partial charge in [0.05, 0.1) is 11.7 Å². The number of thiocarbonyl (C=S) groups is 1. The van der Waals surface area contributed by atoms with Crippen LogP contribution in [0.5, 0.6) is 0 Å². The molecule has 104 valence electrons. The average molecular weight is 282 g/mol. The van der Waals surface area contributed by atoms with Crippen LogP contribution in [0.3, 0.4) is 0 Å². The molecule has 0 saturated carbocycles. The standard InChI is InChI=1S/C14H19FN2OS/c15-11-5-3-6-12(13(11)14(16)19)17-8-7-10-4-1-2-9-18-10/h3,5-6,10,17H,1-2,4,7-9H2,(H2,16,19). The van der Waals surface area contributed by atoms with Gasteiger partial charge in [0.25, 0.3) is 0 Å². The predicted molar refractivity (Wildman–Crippen MR) is 79.0 cm³/mol. The topological polar surface area (TPSA) is 47.3 Å². The molecule has 1 aromatic rings. The van der Waals surface area contributed by atoms with Crippen LogP contribution in [0, 0.1) is 5.82 Å². The lowest BCUT2D eigenvalue weighted by atomic mass is 10.1. The summed E-state index contributed by atoms with van der Waals surface area (Å²) < 4.78 is 19.3. The van der Waals surface area contributed by atoms with E-state index in [1.807, 2.05) is 0 Å². The molecule has 1 aliphatic rings. The Labute approximate surface area is 118 Å². The second kappa shape index (κ2) is 6.82. The Kier molecular flexibility index (Phi) is 5.10. The van der Waals surface area contributed by atoms with Crippen molar-refractivity contribution >= 4 is 22.9 Å². The van der Waals surface area contributed by atoms with E-state index in [1.54, 1.807) is 12.1 Å². The van der Waals surface area contributed by atoms with Crippen LogP contribution in [0.15, 0.2) is 18.2 Å². The monoisotopic (exact) mass is 282 g/mol. The largest absolute Gasteiger partial charge is 0.389 e. The number of hydrogen-bond acceptors (Lipinski definition) is 3. The van der Waals surface area contributed by atoms with Crippen molar-refractivity contribution in [3.8, 4) is 0 Å². The third kappa shape index (κ3) is 3.88. The summed E-state index contributed by atoms with van der Waals surface area (Å²) in [6.07, 6.45) is 4.70. The number of ether oxygens (including phenoxy) is 1. The highest BCUT2D eigenvalue weighted by Crippen LogP contribution is 2.20. The van der Waals surface area contributed by atoms with Crippen LogP contribution < -0.4 is 11.1 Å². The summed E-state index contributed by atoms with van der Waals surface area (Å²) in [4.78, 5) is 0.0783. The summed E-state index contributed by atoms with van der Waals surface area (Å²) in [5.74, 6) is -0.383. The molecule has 3 nitrogen and oxygen atoms in total. The van der Waals surface area contributed by atoms with Crippen LogP contribution in [-0.4, -0.2) is 24.2 Å². The summed E-state index contributed by atoms with van der Waals surface area (Å²) in [7, 11) is 0. The van der Waals surface area contributed by atoms with Gasteiger partial charge in [0.2, 0.25) is 0 Å². The fraction of sp³-hybridized carbons (Fsp3) is 0.500. The van der Waals surface area contributed by atoms with Gasteiger partial charge in [-0.05, 0) is 37.8 Å². The molecule has 19 heavy (non-hydrogen) atoms. The zero-order valence-corrected chi connectivity index (χ0v) is 11.6. The highest BCUT2D eigenvalue weighted by molar-refractivity contribution is 7.80. The molecule has 0 spiro atoms. The van der Waals surface area contributed by atoms with Gasteiger partial charge in [-0.25, -0.2) is 4.39 Å². The van der Waals surface area contributed by atoms with E-state index >= 15 is 0 Å². The first-order valence-corrected chi connectivity index (χ1v) is 7.03. The van der Waals surface area contributed by atoms with Gasteiger partial charge in [-0.2, -0.15) is 0 Å². The molecule has 0 radical (unpaired) electrons. The molecule has 0 amide bonds. The summed E-state index contributed by atoms with van der Waals surface area (Å²) in [6.45, 7) is 1.58. The zero-order valence-electron chi connectivity index (χ0n) is 10.8. The van der Waals surface area contributed by atoms with E-state index < -0.39 is 0 Å². The Morgan fingerprint density at radius 3 is 3.00 bits per heavy atom. The lowest BCUT2D eigenvalue weighted by Crippen LogP contribution is -2.23. The number of hydrogen-bond donors (Lipinski definition) is 2. The molecule has 5 heteroatoms. The van der Waals surface area contributed by atoms with Crippen LogP contribution in [0.4, 0.5) is 10.1 Å². The third-order valence-electron chi connectivity index (χ3n) is 3.32. The van der Waals surface area contributed by atoms with Gasteiger partial charge in [0.15, 0.2) is 0 Å². The molecule has 1 saturated heterocycles. The minimum absolute atomic E-state index is 0.0783. The molecular formula is C14H19FN2OS. The maximum Gasteiger partial charge on any atom is 0.135 e. The molecule has 1 aromatic carbocycles. The smallest absolute Gasteiger partial charge is 0.135 e. The van der Waals surface area contributed by atoms with E-state index in [9.17, 15) is 4.39 Å². The minimum atomic E-state index is -0.383. The first-order valence-electron chi connectivity index (χ1n) is 6.62. The highest BCUT2D eigenvalue weighted by Gasteiger charge is 2.14. The van der Waals surface area contributed by atoms with Gasteiger partial charge in [0.1, 0.15) is 10.8 Å². The van der Waals surface area contributed by atoms with Crippen molar-refractivity contribution in [1.29, 1.82) is 0 Å². The Morgan fingerprint density at radius 2 is 2.32 bits per heavy atom. The van der Waals surface area contributed by atoms with Gasteiger partial charge >= 0.3 is 0 Å². The molecule has 1 atom stereocenters. The fourth-order valence-corrected chi connectivity index (χ4v) is 2.53. The van der Waals surface area contributed by atoms with E-state index in [2.05, 4.69) is 5.32 Å². The quantitative estimate of drug-likeness (QED) is 0.815. The van der Waals surface area contributed by atoms with E-state index in [4.69, 9.17) is 22.7 Å². The average Bonchev–Trinajstić information content (AvgIpc) is 2.39. The maximum atomic E-state index is 13.7. The molecule has 2 rings (SSSR count). The fourth-order valence-electron chi connectivity index (χ4n) is 2.32. The maximum absolute atomic E-state index is 13.7. The van der Waals surface area contributed by atoms with E-state index in [0.29, 0.717) is 17.4 Å². The third-order valence-corrected chi connectivity index (χ3v) is 3.52. The summed E-state index contributed by atoms with van der Waals surface area (Å²) in [5.41, 5.74) is 6.51. The van der Waals surface area contributed by atoms with E-state index in [0.717, 1.165) is 32.4 Å². The van der Waals surface area contributed by atoms with Crippen LogP contribution in [0.2, 0.25) is 0 Å². The molecule has 1 unspecified atom stereocenters. The Hall–Kier alpha value is -1.20. The van der Waals surface area contributed by atoms with Crippen molar-refractivity contribution in [1.82, 2.24) is 0 Å². The number of nitrogens with two attached hydrogens (primary N) is 1. The normalized spacial score (nSPS) is 19.1. The first kappa shape index (κ1) is 14.2. The molecule has 1 fully saturated rings. The Bertz CT molecular complexity index is 447. The number of nitrogens with one attached hydrogen (secondary N) is 1. The molecule has 0 bridgehead atoms. The van der Waals surface area contributed by atoms with Gasteiger partial charge in [-0.15, -0.1) is 0 Å². The molecule has 1 heterocycles. The minimum Gasteiger partial charge on any atom is -0.389 e. The van der Waals surface area contributed by atoms with Crippen LogP contribution in [0.1, 0.15) is 31.2 Å². The van der Waals surface area contributed by atoms with Crippen molar-refractivity contribution in [2.45, 2.75) is 31.8 Å². The summed E-state index contributed by atoms with van der Waals surface area (Å²) >= 11 is 4.89. The van der Waals surface area contributed by atoms with Gasteiger partial charge in [-0.1, -0.05) is 18.3 Å². The van der Waals surface area contributed by atoms with Crippen LogP contribution >= 0.6 is 12.2 Å². The lowest BCUT2D eigenvalue weighted by Gasteiger charge is -2.23. The van der Waals surface area contributed by atoms with Crippen molar-refractivity contribution in [2.75, 3.05) is 18.5 Å². The van der Waals surface area contributed by atoms with Gasteiger partial charge in [0, 0.05) is 18.8 Å². The van der Waals surface area contributed by atoms with Gasteiger partial charge in [-0.3, -0.25) is 0 Å². The summed E-state index contributed by atoms with van der Waals surface area (Å²) in [6, 6.07) is 4.81. The molecule has 0 aliphatic carbocycles. The molecule has 0 aromatic heterocycles. The number of benzene rings is 1. The number of halogens is 1. The molecular weight excluding hydrogens is 263 g/mol. The van der Waals surface area contributed by atoms with Crippen molar-refractivity contribution in [3.63, 3.8) is 0 Å². The van der Waals surface area contributed by atoms with Gasteiger partial charge < -0.3 is 15.8 Å². The predicted octanol–water partition coefficient (Wildman–Crippen LogP) is 2.83. The van der Waals surface area contributed by atoms with Crippen LogP contribution in [-0.2, 0) is 4.74 Å². The Morgan fingerprint density at radius 1 is 1.47 bits per heavy atom. The zero-order chi connectivity index (χ0) is 13.7. The second-order valence-electron chi connectivity index (χ2n) is 4.73. The van der Waals surface area contributed by atoms with Crippen LogP contribution in [0.25, 0.3) is 0 Å². The van der Waals surface area contributed by atoms with Crippen molar-refractivity contribution in [2.24, 2.45) is 5.73 Å². The van der Waals surface area contributed by atoms with Crippen molar-refractivity contribution < 1.29 is 9.13 Å². The summed E-state index contributed by atoms with van der Waals surface area (Å²) in [5, 5.41) is 3.20. The SMILES string of the molecule is NC(=S)c1c(F)cccc1NCCC1CCCCO1. The van der Waals surface area contributed by atoms with Crippen molar-refractivity contribution in [3.05, 3.63) is 29.6 Å². The number of rotatable bonds is 5. The highest BCUT2D eigenvalue weighted by atomic mass is 32.1. The second-order valence-corrected chi connectivity index (χ2v) is 5.17. The Balaban J connectivity index is 1.92. The van der Waals surface area contributed by atoms with E-state index in [-0.39, 0.29) is 10.8 Å². The molecule has 1 aliphatic heterocycles. The first-order chi connectivity index (χ1) is 9.18. The van der Waals surface area contributed by atoms with E-state index in [1.165, 1.54) is 12.5 Å².